The molecule has 0 spiro atoms. The molecule has 0 N–H and O–H groups in total. The third-order valence-corrected chi connectivity index (χ3v) is 4.87. The van der Waals surface area contributed by atoms with Gasteiger partial charge in [-0.2, -0.15) is 0 Å². The minimum atomic E-state index is 0.456. The number of hydrogen-bond donors (Lipinski definition) is 0. The van der Waals surface area contributed by atoms with Crippen LogP contribution in [-0.4, -0.2) is 9.97 Å². The van der Waals surface area contributed by atoms with Crippen molar-refractivity contribution in [2.24, 2.45) is 0 Å². The molecule has 0 saturated heterocycles. The second-order valence-corrected chi connectivity index (χ2v) is 7.00. The van der Waals surface area contributed by atoms with Crippen LogP contribution in [0.5, 0.6) is 0 Å². The number of benzene rings is 2. The molecule has 0 amide bonds. The molecule has 0 atom stereocenters. The topological polar surface area (TPSA) is 25.8 Å². The Kier molecular flexibility index (Phi) is 4.04. The number of halogens is 3. The summed E-state index contributed by atoms with van der Waals surface area (Å²) in [4.78, 5) is 9.15. The monoisotopic (exact) mass is 424 g/mol. The van der Waals surface area contributed by atoms with E-state index in [-0.39, 0.29) is 0 Å². The van der Waals surface area contributed by atoms with E-state index in [0.29, 0.717) is 11.0 Å². The molecule has 1 aromatic heterocycles. The van der Waals surface area contributed by atoms with Gasteiger partial charge < -0.3 is 0 Å². The van der Waals surface area contributed by atoms with Crippen molar-refractivity contribution in [3.05, 3.63) is 55.6 Å². The van der Waals surface area contributed by atoms with Crippen LogP contribution >= 0.6 is 43.5 Å². The maximum atomic E-state index is 6.36. The molecule has 0 radical (unpaired) electrons. The number of fused-ring (bicyclic) bond motifs is 1. The summed E-state index contributed by atoms with van der Waals surface area (Å²) >= 11 is 13.4. The zero-order valence-corrected chi connectivity index (χ0v) is 15.3. The standard InChI is InChI=1S/C16H11Br2ClN2/c1-8-4-3-5-11(9(8)2)16-20-14-12(15(19)21-16)6-10(17)7-13(14)18/h3-7H,1-2H3. The maximum Gasteiger partial charge on any atom is 0.161 e. The third kappa shape index (κ3) is 2.72. The molecule has 3 aromatic rings. The Hall–Kier alpha value is -0.970. The van der Waals surface area contributed by atoms with Crippen molar-refractivity contribution in [3.8, 4) is 11.4 Å². The van der Waals surface area contributed by atoms with Crippen LogP contribution in [0.25, 0.3) is 22.3 Å². The lowest BCUT2D eigenvalue weighted by Crippen LogP contribution is -1.96. The molecule has 0 aliphatic carbocycles. The summed E-state index contributed by atoms with van der Waals surface area (Å²) in [6.45, 7) is 4.15. The number of rotatable bonds is 1. The first-order valence-electron chi connectivity index (χ1n) is 6.36. The van der Waals surface area contributed by atoms with Crippen LogP contribution in [0.1, 0.15) is 11.1 Å². The number of hydrogen-bond acceptors (Lipinski definition) is 2. The van der Waals surface area contributed by atoms with Gasteiger partial charge in [0.05, 0.1) is 5.52 Å². The summed E-state index contributed by atoms with van der Waals surface area (Å²) < 4.78 is 1.83. The zero-order chi connectivity index (χ0) is 15.1. The second-order valence-electron chi connectivity index (χ2n) is 4.87. The van der Waals surface area contributed by atoms with Gasteiger partial charge in [-0.3, -0.25) is 0 Å². The molecule has 2 aromatic carbocycles. The summed E-state index contributed by atoms with van der Waals surface area (Å²) in [6, 6.07) is 9.99. The molecule has 0 aliphatic rings. The van der Waals surface area contributed by atoms with Crippen molar-refractivity contribution < 1.29 is 0 Å². The van der Waals surface area contributed by atoms with E-state index in [9.17, 15) is 0 Å². The molecular formula is C16H11Br2ClN2. The molecule has 5 heteroatoms. The highest BCUT2D eigenvalue weighted by Crippen LogP contribution is 2.33. The van der Waals surface area contributed by atoms with Gasteiger partial charge in [0.1, 0.15) is 5.15 Å². The maximum absolute atomic E-state index is 6.36. The number of nitrogens with zero attached hydrogens (tertiary/aromatic N) is 2. The average molecular weight is 427 g/mol. The molecule has 0 aliphatic heterocycles. The zero-order valence-electron chi connectivity index (χ0n) is 11.4. The van der Waals surface area contributed by atoms with E-state index < -0.39 is 0 Å². The summed E-state index contributed by atoms with van der Waals surface area (Å²) in [7, 11) is 0. The summed E-state index contributed by atoms with van der Waals surface area (Å²) in [5, 5.41) is 1.28. The van der Waals surface area contributed by atoms with Gasteiger partial charge in [0.25, 0.3) is 0 Å². The summed E-state index contributed by atoms with van der Waals surface area (Å²) in [5.74, 6) is 0.650. The van der Waals surface area contributed by atoms with Crippen LogP contribution < -0.4 is 0 Å². The molecule has 106 valence electrons. The van der Waals surface area contributed by atoms with Gasteiger partial charge >= 0.3 is 0 Å². The molecule has 0 fully saturated rings. The minimum absolute atomic E-state index is 0.456. The first kappa shape index (κ1) is 14.9. The van der Waals surface area contributed by atoms with E-state index in [1.54, 1.807) is 0 Å². The average Bonchev–Trinajstić information content (AvgIpc) is 2.43. The molecule has 2 nitrogen and oxygen atoms in total. The van der Waals surface area contributed by atoms with Crippen molar-refractivity contribution in [2.75, 3.05) is 0 Å². The van der Waals surface area contributed by atoms with Crippen LogP contribution in [0.4, 0.5) is 0 Å². The molecule has 0 saturated carbocycles. The number of aromatic nitrogens is 2. The minimum Gasteiger partial charge on any atom is -0.227 e. The summed E-state index contributed by atoms with van der Waals surface area (Å²) in [6.07, 6.45) is 0. The molecule has 0 unspecified atom stereocenters. The lowest BCUT2D eigenvalue weighted by Gasteiger charge is -2.10. The normalized spacial score (nSPS) is 11.1. The van der Waals surface area contributed by atoms with Crippen LogP contribution in [-0.2, 0) is 0 Å². The van der Waals surface area contributed by atoms with Gasteiger partial charge in [-0.1, -0.05) is 45.7 Å². The molecule has 3 rings (SSSR count). The fourth-order valence-corrected chi connectivity index (χ4v) is 3.77. The van der Waals surface area contributed by atoms with E-state index in [1.807, 2.05) is 24.3 Å². The van der Waals surface area contributed by atoms with E-state index in [0.717, 1.165) is 25.4 Å². The van der Waals surface area contributed by atoms with Gasteiger partial charge in [-0.15, -0.1) is 0 Å². The highest BCUT2D eigenvalue weighted by Gasteiger charge is 2.13. The smallest absolute Gasteiger partial charge is 0.161 e. The van der Waals surface area contributed by atoms with E-state index >= 15 is 0 Å². The molecule has 0 bridgehead atoms. The fraction of sp³-hybridized carbons (Fsp3) is 0.125. The Morgan fingerprint density at radius 1 is 1.05 bits per heavy atom. The van der Waals surface area contributed by atoms with Crippen LogP contribution in [0.3, 0.4) is 0 Å². The van der Waals surface area contributed by atoms with Crippen molar-refractivity contribution in [1.82, 2.24) is 9.97 Å². The Morgan fingerprint density at radius 2 is 1.81 bits per heavy atom. The molecule has 21 heavy (non-hydrogen) atoms. The van der Waals surface area contributed by atoms with Gasteiger partial charge in [0.2, 0.25) is 0 Å². The van der Waals surface area contributed by atoms with Crippen molar-refractivity contribution in [2.45, 2.75) is 13.8 Å². The lowest BCUT2D eigenvalue weighted by atomic mass is 10.0. The first-order valence-corrected chi connectivity index (χ1v) is 8.32. The van der Waals surface area contributed by atoms with E-state index in [4.69, 9.17) is 11.6 Å². The van der Waals surface area contributed by atoms with Gasteiger partial charge in [-0.25, -0.2) is 9.97 Å². The second kappa shape index (κ2) is 5.67. The first-order chi connectivity index (χ1) is 9.97. The summed E-state index contributed by atoms with van der Waals surface area (Å²) in [5.41, 5.74) is 4.20. The van der Waals surface area contributed by atoms with E-state index in [2.05, 4.69) is 61.7 Å². The highest BCUT2D eigenvalue weighted by molar-refractivity contribution is 9.11. The number of aryl methyl sites for hydroxylation is 1. The Labute approximate surface area is 144 Å². The molecule has 1 heterocycles. The predicted molar refractivity (Wildman–Crippen MR) is 94.9 cm³/mol. The highest BCUT2D eigenvalue weighted by atomic mass is 79.9. The molecular weight excluding hydrogens is 415 g/mol. The van der Waals surface area contributed by atoms with Crippen LogP contribution in [0, 0.1) is 13.8 Å². The van der Waals surface area contributed by atoms with Gasteiger partial charge in [-0.05, 0) is 53.0 Å². The van der Waals surface area contributed by atoms with Crippen molar-refractivity contribution >= 4 is 54.4 Å². The van der Waals surface area contributed by atoms with Gasteiger partial charge in [0.15, 0.2) is 5.82 Å². The quantitative estimate of drug-likeness (QED) is 0.440. The largest absolute Gasteiger partial charge is 0.227 e. The van der Waals surface area contributed by atoms with Crippen molar-refractivity contribution in [3.63, 3.8) is 0 Å². The van der Waals surface area contributed by atoms with Crippen LogP contribution in [0.2, 0.25) is 5.15 Å². The van der Waals surface area contributed by atoms with Gasteiger partial charge in [0, 0.05) is 19.9 Å². The van der Waals surface area contributed by atoms with E-state index in [1.165, 1.54) is 11.1 Å². The Bertz CT molecular complexity index is 863. The third-order valence-electron chi connectivity index (χ3n) is 3.52. The van der Waals surface area contributed by atoms with Crippen LogP contribution in [0.15, 0.2) is 39.3 Å². The lowest BCUT2D eigenvalue weighted by molar-refractivity contribution is 1.20. The van der Waals surface area contributed by atoms with Crippen molar-refractivity contribution in [1.29, 1.82) is 0 Å². The predicted octanol–water partition coefficient (Wildman–Crippen LogP) is 6.09. The Balaban J connectivity index is 2.33. The Morgan fingerprint density at radius 3 is 2.57 bits per heavy atom. The SMILES string of the molecule is Cc1cccc(-c2nc(Cl)c3cc(Br)cc(Br)c3n2)c1C. The fourth-order valence-electron chi connectivity index (χ4n) is 2.23.